The van der Waals surface area contributed by atoms with Gasteiger partial charge in [0.15, 0.2) is 9.84 Å². The zero-order valence-electron chi connectivity index (χ0n) is 11.1. The minimum atomic E-state index is -3.41. The van der Waals surface area contributed by atoms with Crippen LogP contribution in [0.25, 0.3) is 0 Å². The van der Waals surface area contributed by atoms with E-state index in [4.69, 9.17) is 9.47 Å². The highest BCUT2D eigenvalue weighted by Crippen LogP contribution is 2.19. The van der Waals surface area contributed by atoms with Crippen LogP contribution >= 0.6 is 0 Å². The van der Waals surface area contributed by atoms with Crippen molar-refractivity contribution in [2.24, 2.45) is 0 Å². The fourth-order valence-corrected chi connectivity index (χ4v) is 2.48. The lowest BCUT2D eigenvalue weighted by Crippen LogP contribution is -2.23. The molecule has 0 amide bonds. The second-order valence-corrected chi connectivity index (χ2v) is 6.61. The van der Waals surface area contributed by atoms with E-state index in [-0.39, 0.29) is 17.1 Å². The van der Waals surface area contributed by atoms with Gasteiger partial charge in [-0.25, -0.2) is 18.0 Å². The fourth-order valence-electron chi connectivity index (χ4n) is 1.83. The summed E-state index contributed by atoms with van der Waals surface area (Å²) in [6, 6.07) is 4.21. The van der Waals surface area contributed by atoms with Gasteiger partial charge in [0, 0.05) is 12.7 Å². The van der Waals surface area contributed by atoms with Crippen molar-refractivity contribution in [1.29, 1.82) is 0 Å². The van der Waals surface area contributed by atoms with Crippen LogP contribution in [-0.4, -0.2) is 39.3 Å². The quantitative estimate of drug-likeness (QED) is 0.770. The molecule has 0 radical (unpaired) electrons. The van der Waals surface area contributed by atoms with Crippen LogP contribution in [0.1, 0.15) is 22.3 Å². The summed E-state index contributed by atoms with van der Waals surface area (Å²) >= 11 is 0. The molecule has 7 heteroatoms. The molecule has 1 fully saturated rings. The van der Waals surface area contributed by atoms with Crippen LogP contribution in [0, 0.1) is 6.92 Å². The van der Waals surface area contributed by atoms with Gasteiger partial charge in [0.25, 0.3) is 0 Å². The largest absolute Gasteiger partial charge is 0.463 e. The number of benzene rings is 1. The van der Waals surface area contributed by atoms with E-state index in [1.807, 2.05) is 0 Å². The molecule has 0 aromatic heterocycles. The molecule has 0 aliphatic carbocycles. The minimum absolute atomic E-state index is 0.0315. The lowest BCUT2D eigenvalue weighted by molar-refractivity contribution is -0.145. The van der Waals surface area contributed by atoms with E-state index in [1.165, 1.54) is 18.2 Å². The van der Waals surface area contributed by atoms with E-state index >= 15 is 0 Å². The molecule has 1 aromatic carbocycles. The molecule has 6 nitrogen and oxygen atoms in total. The van der Waals surface area contributed by atoms with Crippen LogP contribution in [0.4, 0.5) is 0 Å². The number of cyclic esters (lactones) is 1. The maximum Gasteiger partial charge on any atom is 0.347 e. The van der Waals surface area contributed by atoms with Gasteiger partial charge in [-0.2, -0.15) is 0 Å². The van der Waals surface area contributed by atoms with Crippen molar-refractivity contribution in [2.45, 2.75) is 24.3 Å². The molecule has 1 saturated heterocycles. The normalized spacial score (nSPS) is 18.7. The van der Waals surface area contributed by atoms with Crippen LogP contribution in [-0.2, 0) is 24.1 Å². The third kappa shape index (κ3) is 2.98. The van der Waals surface area contributed by atoms with Crippen LogP contribution < -0.4 is 0 Å². The molecular weight excluding hydrogens is 284 g/mol. The van der Waals surface area contributed by atoms with E-state index in [0.29, 0.717) is 12.0 Å². The van der Waals surface area contributed by atoms with Crippen molar-refractivity contribution in [3.05, 3.63) is 29.3 Å². The fraction of sp³-hybridized carbons (Fsp3) is 0.385. The van der Waals surface area contributed by atoms with Gasteiger partial charge in [0.05, 0.1) is 17.1 Å². The Morgan fingerprint density at radius 3 is 2.65 bits per heavy atom. The molecule has 2 rings (SSSR count). The number of rotatable bonds is 3. The summed E-state index contributed by atoms with van der Waals surface area (Å²) in [5, 5.41) is 0. The Labute approximate surface area is 116 Å². The van der Waals surface area contributed by atoms with Gasteiger partial charge >= 0.3 is 11.9 Å². The number of hydrogen-bond acceptors (Lipinski definition) is 6. The Morgan fingerprint density at radius 2 is 2.10 bits per heavy atom. The number of esters is 2. The molecule has 20 heavy (non-hydrogen) atoms. The predicted molar refractivity (Wildman–Crippen MR) is 69.1 cm³/mol. The molecule has 0 bridgehead atoms. The third-order valence-corrected chi connectivity index (χ3v) is 4.10. The van der Waals surface area contributed by atoms with E-state index in [2.05, 4.69) is 0 Å². The molecule has 0 spiro atoms. The summed E-state index contributed by atoms with van der Waals surface area (Å²) < 4.78 is 32.7. The molecule has 1 aliphatic heterocycles. The number of sulfone groups is 1. The van der Waals surface area contributed by atoms with E-state index in [9.17, 15) is 18.0 Å². The molecule has 1 atom stereocenters. The van der Waals surface area contributed by atoms with Crippen LogP contribution in [0.2, 0.25) is 0 Å². The first kappa shape index (κ1) is 14.5. The molecule has 108 valence electrons. The number of carbonyl (C=O) groups is 2. The van der Waals surface area contributed by atoms with Crippen molar-refractivity contribution in [3.63, 3.8) is 0 Å². The molecule has 0 N–H and O–H groups in total. The maximum absolute atomic E-state index is 12.0. The first-order valence-corrected chi connectivity index (χ1v) is 7.86. The summed E-state index contributed by atoms with van der Waals surface area (Å²) in [5.41, 5.74) is 0.710. The standard InChI is InChI=1S/C13H14O6S/c1-8-3-4-9(20(2,16)17)7-10(8)12(14)19-11-5-6-18-13(11)15/h3-4,7,11H,5-6H2,1-2H3/t11-/m0/s1. The average molecular weight is 298 g/mol. The molecule has 1 aliphatic rings. The zero-order valence-corrected chi connectivity index (χ0v) is 11.9. The number of carbonyl (C=O) groups excluding carboxylic acids is 2. The first-order chi connectivity index (χ1) is 9.29. The summed E-state index contributed by atoms with van der Waals surface area (Å²) in [6.07, 6.45) is 0.458. The van der Waals surface area contributed by atoms with E-state index in [0.717, 1.165) is 6.26 Å². The maximum atomic E-state index is 12.0. The van der Waals surface area contributed by atoms with Crippen molar-refractivity contribution in [3.8, 4) is 0 Å². The van der Waals surface area contributed by atoms with Gasteiger partial charge in [-0.15, -0.1) is 0 Å². The Kier molecular flexibility index (Phi) is 3.80. The van der Waals surface area contributed by atoms with Crippen LogP contribution in [0.3, 0.4) is 0 Å². The number of aryl methyl sites for hydroxylation is 1. The zero-order chi connectivity index (χ0) is 14.9. The Bertz CT molecular complexity index is 661. The Balaban J connectivity index is 2.27. The van der Waals surface area contributed by atoms with Gasteiger partial charge < -0.3 is 9.47 Å². The monoisotopic (exact) mass is 298 g/mol. The van der Waals surface area contributed by atoms with Crippen LogP contribution in [0.5, 0.6) is 0 Å². The molecule has 1 heterocycles. The second kappa shape index (κ2) is 5.24. The summed E-state index contributed by atoms with van der Waals surface area (Å²) in [4.78, 5) is 23.3. The molecular formula is C13H14O6S. The van der Waals surface area contributed by atoms with Crippen molar-refractivity contribution in [1.82, 2.24) is 0 Å². The smallest absolute Gasteiger partial charge is 0.347 e. The van der Waals surface area contributed by atoms with Gasteiger partial charge in [0.1, 0.15) is 0 Å². The number of hydrogen-bond donors (Lipinski definition) is 0. The lowest BCUT2D eigenvalue weighted by Gasteiger charge is -2.11. The SMILES string of the molecule is Cc1ccc(S(C)(=O)=O)cc1C(=O)O[C@H]1CCOC1=O. The topological polar surface area (TPSA) is 86.7 Å². The summed E-state index contributed by atoms with van der Waals surface area (Å²) in [6.45, 7) is 1.88. The molecule has 0 unspecified atom stereocenters. The highest BCUT2D eigenvalue weighted by molar-refractivity contribution is 7.90. The summed E-state index contributed by atoms with van der Waals surface area (Å²) in [5.74, 6) is -1.30. The van der Waals surface area contributed by atoms with Gasteiger partial charge in [0.2, 0.25) is 6.10 Å². The van der Waals surface area contributed by atoms with E-state index in [1.54, 1.807) is 6.92 Å². The average Bonchev–Trinajstić information content (AvgIpc) is 2.74. The molecule has 0 saturated carbocycles. The Morgan fingerprint density at radius 1 is 1.40 bits per heavy atom. The lowest BCUT2D eigenvalue weighted by atomic mass is 10.1. The second-order valence-electron chi connectivity index (χ2n) is 4.60. The van der Waals surface area contributed by atoms with Gasteiger partial charge in [-0.3, -0.25) is 0 Å². The highest BCUT2D eigenvalue weighted by atomic mass is 32.2. The van der Waals surface area contributed by atoms with E-state index < -0.39 is 27.9 Å². The first-order valence-electron chi connectivity index (χ1n) is 5.97. The molecule has 1 aromatic rings. The van der Waals surface area contributed by atoms with Crippen molar-refractivity contribution >= 4 is 21.8 Å². The van der Waals surface area contributed by atoms with Crippen molar-refractivity contribution < 1.29 is 27.5 Å². The van der Waals surface area contributed by atoms with Crippen molar-refractivity contribution in [2.75, 3.05) is 12.9 Å². The number of ether oxygens (including phenoxy) is 2. The van der Waals surface area contributed by atoms with Gasteiger partial charge in [-0.1, -0.05) is 6.07 Å². The predicted octanol–water partition coefficient (Wildman–Crippen LogP) is 0.871. The highest BCUT2D eigenvalue weighted by Gasteiger charge is 2.31. The summed E-state index contributed by atoms with van der Waals surface area (Å²) in [7, 11) is -3.41. The Hall–Kier alpha value is -1.89. The minimum Gasteiger partial charge on any atom is -0.463 e. The van der Waals surface area contributed by atoms with Crippen LogP contribution in [0.15, 0.2) is 23.1 Å². The van der Waals surface area contributed by atoms with Gasteiger partial charge in [-0.05, 0) is 24.6 Å². The third-order valence-electron chi connectivity index (χ3n) is 2.99.